The van der Waals surface area contributed by atoms with Crippen LogP contribution in [0.5, 0.6) is 5.75 Å². The number of hydrogen-bond donors (Lipinski definition) is 2. The van der Waals surface area contributed by atoms with Crippen molar-refractivity contribution in [2.24, 2.45) is 5.10 Å². The molecule has 0 aliphatic heterocycles. The van der Waals surface area contributed by atoms with Crippen molar-refractivity contribution >= 4 is 39.8 Å². The Morgan fingerprint density at radius 1 is 1.27 bits per heavy atom. The average Bonchev–Trinajstić information content (AvgIpc) is 3.12. The number of benzene rings is 2. The lowest BCUT2D eigenvalue weighted by atomic mass is 10.2. The number of carbonyl (C=O) groups excluding carboxylic acids is 1. The van der Waals surface area contributed by atoms with Gasteiger partial charge >= 0.3 is 0 Å². The van der Waals surface area contributed by atoms with E-state index in [9.17, 15) is 9.90 Å². The van der Waals surface area contributed by atoms with Crippen molar-refractivity contribution in [3.63, 3.8) is 0 Å². The molecule has 1 atom stereocenters. The van der Waals surface area contributed by atoms with Gasteiger partial charge in [-0.1, -0.05) is 45.9 Å². The number of amides is 1. The number of phenols is 1. The number of thioether (sulfide) groups is 1. The Hall–Kier alpha value is -2.91. The molecule has 0 unspecified atom stereocenters. The van der Waals surface area contributed by atoms with Crippen LogP contribution in [0, 0.1) is 0 Å². The van der Waals surface area contributed by atoms with E-state index in [1.807, 2.05) is 28.8 Å². The Morgan fingerprint density at radius 2 is 1.97 bits per heavy atom. The van der Waals surface area contributed by atoms with Gasteiger partial charge in [-0.3, -0.25) is 9.36 Å². The SMILES string of the molecule is C=CCn1c(S[C@@H](C)C(=O)N/N=C\c2ccc(O)cc2)nnc1-c1ccc(Br)cc1. The van der Waals surface area contributed by atoms with Crippen molar-refractivity contribution < 1.29 is 9.90 Å². The Morgan fingerprint density at radius 3 is 2.63 bits per heavy atom. The third-order valence-electron chi connectivity index (χ3n) is 4.06. The molecule has 2 aromatic carbocycles. The summed E-state index contributed by atoms with van der Waals surface area (Å²) in [7, 11) is 0. The number of nitrogens with zero attached hydrogens (tertiary/aromatic N) is 4. The van der Waals surface area contributed by atoms with Crippen LogP contribution in [0.25, 0.3) is 11.4 Å². The van der Waals surface area contributed by atoms with Crippen LogP contribution in [0.1, 0.15) is 12.5 Å². The number of halogens is 1. The van der Waals surface area contributed by atoms with Gasteiger partial charge in [0.05, 0.1) is 11.5 Å². The van der Waals surface area contributed by atoms with Gasteiger partial charge in [-0.05, 0) is 48.9 Å². The van der Waals surface area contributed by atoms with E-state index in [0.29, 0.717) is 17.5 Å². The van der Waals surface area contributed by atoms with Crippen LogP contribution in [-0.4, -0.2) is 37.2 Å². The molecule has 1 aromatic heterocycles. The van der Waals surface area contributed by atoms with E-state index in [0.717, 1.165) is 15.6 Å². The van der Waals surface area contributed by atoms with Gasteiger partial charge in [0.25, 0.3) is 5.91 Å². The number of hydrogen-bond acceptors (Lipinski definition) is 6. The molecule has 0 spiro atoms. The highest BCUT2D eigenvalue weighted by Crippen LogP contribution is 2.27. The Balaban J connectivity index is 1.68. The number of allylic oxidation sites excluding steroid dienone is 1. The summed E-state index contributed by atoms with van der Waals surface area (Å²) >= 11 is 4.73. The minimum absolute atomic E-state index is 0.173. The van der Waals surface area contributed by atoms with Gasteiger partial charge in [0.2, 0.25) is 0 Å². The maximum absolute atomic E-state index is 12.4. The van der Waals surface area contributed by atoms with Gasteiger partial charge in [0.1, 0.15) is 5.75 Å². The highest BCUT2D eigenvalue weighted by Gasteiger charge is 2.20. The number of aromatic nitrogens is 3. The van der Waals surface area contributed by atoms with E-state index < -0.39 is 5.25 Å². The monoisotopic (exact) mass is 485 g/mol. The number of nitrogens with one attached hydrogen (secondary N) is 1. The summed E-state index contributed by atoms with van der Waals surface area (Å²) in [4.78, 5) is 12.4. The predicted molar refractivity (Wildman–Crippen MR) is 123 cm³/mol. The Bertz CT molecular complexity index is 1050. The first-order chi connectivity index (χ1) is 14.5. The topological polar surface area (TPSA) is 92.4 Å². The second kappa shape index (κ2) is 10.2. The third kappa shape index (κ3) is 5.58. The first kappa shape index (κ1) is 21.8. The molecule has 1 heterocycles. The minimum atomic E-state index is -0.437. The van der Waals surface area contributed by atoms with Crippen LogP contribution in [0.15, 0.2) is 75.9 Å². The Labute approximate surface area is 187 Å². The fraction of sp³-hybridized carbons (Fsp3) is 0.143. The zero-order valence-electron chi connectivity index (χ0n) is 16.2. The molecular formula is C21H20BrN5O2S. The molecule has 9 heteroatoms. The van der Waals surface area contributed by atoms with Gasteiger partial charge in [-0.2, -0.15) is 5.10 Å². The molecule has 154 valence electrons. The van der Waals surface area contributed by atoms with E-state index >= 15 is 0 Å². The Kier molecular flexibility index (Phi) is 7.42. The van der Waals surface area contributed by atoms with Crippen molar-refractivity contribution in [3.05, 3.63) is 71.2 Å². The maximum Gasteiger partial charge on any atom is 0.253 e. The molecule has 30 heavy (non-hydrogen) atoms. The summed E-state index contributed by atoms with van der Waals surface area (Å²) in [6, 6.07) is 14.3. The number of aromatic hydroxyl groups is 1. The molecule has 0 radical (unpaired) electrons. The molecule has 1 amide bonds. The fourth-order valence-corrected chi connectivity index (χ4v) is 3.63. The van der Waals surface area contributed by atoms with Crippen molar-refractivity contribution in [2.75, 3.05) is 0 Å². The lowest BCUT2D eigenvalue weighted by Crippen LogP contribution is -2.27. The molecule has 0 bridgehead atoms. The van der Waals surface area contributed by atoms with Crippen molar-refractivity contribution in [3.8, 4) is 17.1 Å². The van der Waals surface area contributed by atoms with Crippen LogP contribution in [0.2, 0.25) is 0 Å². The van der Waals surface area contributed by atoms with Gasteiger partial charge in [-0.25, -0.2) is 5.43 Å². The summed E-state index contributed by atoms with van der Waals surface area (Å²) < 4.78 is 2.90. The van der Waals surface area contributed by atoms with Gasteiger partial charge < -0.3 is 5.11 Å². The van der Waals surface area contributed by atoms with E-state index in [2.05, 4.69) is 43.2 Å². The van der Waals surface area contributed by atoms with Crippen LogP contribution >= 0.6 is 27.7 Å². The smallest absolute Gasteiger partial charge is 0.253 e. The molecular weight excluding hydrogens is 466 g/mol. The molecule has 2 N–H and O–H groups in total. The van der Waals surface area contributed by atoms with Crippen LogP contribution in [-0.2, 0) is 11.3 Å². The quantitative estimate of drug-likeness (QED) is 0.215. The van der Waals surface area contributed by atoms with Crippen LogP contribution < -0.4 is 5.43 Å². The van der Waals surface area contributed by atoms with Crippen LogP contribution in [0.4, 0.5) is 0 Å². The van der Waals surface area contributed by atoms with Gasteiger partial charge in [0, 0.05) is 16.6 Å². The van der Waals surface area contributed by atoms with Crippen LogP contribution in [0.3, 0.4) is 0 Å². The number of hydrazone groups is 1. The second-order valence-corrected chi connectivity index (χ2v) is 8.52. The fourth-order valence-electron chi connectivity index (χ4n) is 2.52. The molecule has 0 saturated heterocycles. The van der Waals surface area contributed by atoms with E-state index in [1.54, 1.807) is 37.3 Å². The molecule has 0 saturated carbocycles. The van der Waals surface area contributed by atoms with E-state index in [1.165, 1.54) is 18.0 Å². The summed E-state index contributed by atoms with van der Waals surface area (Å²) in [6.45, 7) is 6.11. The lowest BCUT2D eigenvalue weighted by molar-refractivity contribution is -0.120. The summed E-state index contributed by atoms with van der Waals surface area (Å²) in [5.74, 6) is 0.628. The highest BCUT2D eigenvalue weighted by atomic mass is 79.9. The minimum Gasteiger partial charge on any atom is -0.508 e. The summed E-state index contributed by atoms with van der Waals surface area (Å²) in [5, 5.41) is 22.0. The summed E-state index contributed by atoms with van der Waals surface area (Å²) in [5.41, 5.74) is 4.21. The molecule has 3 rings (SSSR count). The first-order valence-electron chi connectivity index (χ1n) is 9.06. The van der Waals surface area contributed by atoms with Gasteiger partial charge in [-0.15, -0.1) is 16.8 Å². The molecule has 0 fully saturated rings. The van der Waals surface area contributed by atoms with E-state index in [-0.39, 0.29) is 11.7 Å². The van der Waals surface area contributed by atoms with E-state index in [4.69, 9.17) is 0 Å². The van der Waals surface area contributed by atoms with Crippen molar-refractivity contribution in [1.82, 2.24) is 20.2 Å². The second-order valence-electron chi connectivity index (χ2n) is 6.30. The molecule has 7 nitrogen and oxygen atoms in total. The number of carbonyl (C=O) groups is 1. The molecule has 3 aromatic rings. The van der Waals surface area contributed by atoms with Crippen molar-refractivity contribution in [2.45, 2.75) is 23.9 Å². The first-order valence-corrected chi connectivity index (χ1v) is 10.7. The highest BCUT2D eigenvalue weighted by molar-refractivity contribution is 9.10. The average molecular weight is 486 g/mol. The number of phenolic OH excluding ortho intramolecular Hbond substituents is 1. The largest absolute Gasteiger partial charge is 0.508 e. The standard InChI is InChI=1S/C21H20BrN5O2S/c1-3-12-27-19(16-6-8-17(22)9-7-16)24-26-21(27)30-14(2)20(29)25-23-13-15-4-10-18(28)11-5-15/h3-11,13-14,28H,1,12H2,2H3,(H,25,29)/b23-13-/t14-/m0/s1. The molecule has 0 aliphatic carbocycles. The third-order valence-corrected chi connectivity index (χ3v) is 5.67. The zero-order valence-corrected chi connectivity index (χ0v) is 18.6. The predicted octanol–water partition coefficient (Wildman–Crippen LogP) is 4.23. The maximum atomic E-state index is 12.4. The van der Waals surface area contributed by atoms with Gasteiger partial charge in [0.15, 0.2) is 11.0 Å². The number of rotatable bonds is 8. The zero-order chi connectivity index (χ0) is 21.5. The van der Waals surface area contributed by atoms with Crippen molar-refractivity contribution in [1.29, 1.82) is 0 Å². The summed E-state index contributed by atoms with van der Waals surface area (Å²) in [6.07, 6.45) is 3.28. The lowest BCUT2D eigenvalue weighted by Gasteiger charge is -2.11. The normalized spacial score (nSPS) is 12.1. The molecule has 0 aliphatic rings.